The maximum Gasteiger partial charge on any atom is 0.304 e. The second-order valence-electron chi connectivity index (χ2n) is 5.93. The minimum atomic E-state index is -0.688. The van der Waals surface area contributed by atoms with Crippen molar-refractivity contribution in [1.29, 1.82) is 0 Å². The molecule has 1 saturated heterocycles. The first-order chi connectivity index (χ1) is 7.88. The first kappa shape index (κ1) is 14.5. The molecule has 17 heavy (non-hydrogen) atoms. The maximum atomic E-state index is 11.0. The average Bonchev–Trinajstić information content (AvgIpc) is 2.23. The number of hydrogen-bond acceptors (Lipinski definition) is 3. The van der Waals surface area contributed by atoms with Gasteiger partial charge in [0.1, 0.15) is 0 Å². The van der Waals surface area contributed by atoms with Crippen molar-refractivity contribution in [3.05, 3.63) is 0 Å². The van der Waals surface area contributed by atoms with E-state index in [-0.39, 0.29) is 12.5 Å². The van der Waals surface area contributed by atoms with Gasteiger partial charge in [-0.1, -0.05) is 20.8 Å². The van der Waals surface area contributed by atoms with Crippen LogP contribution < -0.4 is 0 Å². The van der Waals surface area contributed by atoms with E-state index in [4.69, 9.17) is 5.11 Å². The highest BCUT2D eigenvalue weighted by atomic mass is 16.4. The first-order valence-corrected chi connectivity index (χ1v) is 6.52. The van der Waals surface area contributed by atoms with Crippen molar-refractivity contribution < 1.29 is 9.90 Å². The Labute approximate surface area is 105 Å². The van der Waals surface area contributed by atoms with Gasteiger partial charge in [-0.2, -0.15) is 0 Å². The van der Waals surface area contributed by atoms with Crippen LogP contribution in [-0.2, 0) is 4.79 Å². The fourth-order valence-electron chi connectivity index (χ4n) is 2.78. The molecular formula is C13H26N2O2. The summed E-state index contributed by atoms with van der Waals surface area (Å²) in [5.41, 5.74) is 0. The van der Waals surface area contributed by atoms with Crippen LogP contribution in [-0.4, -0.2) is 60.1 Å². The van der Waals surface area contributed by atoms with Crippen LogP contribution in [0.5, 0.6) is 0 Å². The van der Waals surface area contributed by atoms with Crippen LogP contribution in [0.3, 0.4) is 0 Å². The third-order valence-electron chi connectivity index (χ3n) is 3.22. The zero-order valence-corrected chi connectivity index (χ0v) is 11.5. The fraction of sp³-hybridized carbons (Fsp3) is 0.923. The van der Waals surface area contributed by atoms with Crippen LogP contribution in [0.4, 0.5) is 0 Å². The summed E-state index contributed by atoms with van der Waals surface area (Å²) in [7, 11) is 2.09. The zero-order chi connectivity index (χ0) is 13.0. The van der Waals surface area contributed by atoms with Crippen LogP contribution in [0.15, 0.2) is 0 Å². The summed E-state index contributed by atoms with van der Waals surface area (Å²) in [6.45, 7) is 10.6. The summed E-state index contributed by atoms with van der Waals surface area (Å²) in [6.07, 6.45) is 0.254. The molecule has 0 amide bonds. The van der Waals surface area contributed by atoms with Crippen LogP contribution in [0.1, 0.15) is 27.2 Å². The monoisotopic (exact) mass is 242 g/mol. The van der Waals surface area contributed by atoms with Gasteiger partial charge >= 0.3 is 5.97 Å². The lowest BCUT2D eigenvalue weighted by Crippen LogP contribution is -2.43. The molecule has 2 unspecified atom stereocenters. The van der Waals surface area contributed by atoms with Gasteiger partial charge in [0.05, 0.1) is 6.42 Å². The van der Waals surface area contributed by atoms with E-state index >= 15 is 0 Å². The number of likely N-dealkylation sites (N-methyl/N-ethyl adjacent to an activating group) is 1. The molecule has 0 aromatic rings. The normalized spacial score (nSPS) is 28.3. The summed E-state index contributed by atoms with van der Waals surface area (Å²) >= 11 is 0. The lowest BCUT2D eigenvalue weighted by molar-refractivity contribution is -0.138. The van der Waals surface area contributed by atoms with E-state index in [9.17, 15) is 4.79 Å². The van der Waals surface area contributed by atoms with Crippen LogP contribution in [0.2, 0.25) is 0 Å². The Morgan fingerprint density at radius 2 is 2.00 bits per heavy atom. The van der Waals surface area contributed by atoms with E-state index in [0.29, 0.717) is 11.8 Å². The van der Waals surface area contributed by atoms with E-state index in [1.807, 2.05) is 0 Å². The molecule has 1 heterocycles. The lowest BCUT2D eigenvalue weighted by Gasteiger charge is -2.31. The molecule has 2 atom stereocenters. The topological polar surface area (TPSA) is 43.8 Å². The van der Waals surface area contributed by atoms with Crippen molar-refractivity contribution in [2.24, 2.45) is 11.8 Å². The largest absolute Gasteiger partial charge is 0.481 e. The van der Waals surface area contributed by atoms with Crippen molar-refractivity contribution in [1.82, 2.24) is 9.80 Å². The summed E-state index contributed by atoms with van der Waals surface area (Å²) in [5.74, 6) is 0.506. The number of carboxylic acids is 1. The highest BCUT2D eigenvalue weighted by Gasteiger charge is 2.28. The highest BCUT2D eigenvalue weighted by Crippen LogP contribution is 2.17. The number of hydrogen-bond donors (Lipinski definition) is 1. The maximum absolute atomic E-state index is 11.0. The van der Waals surface area contributed by atoms with Crippen LogP contribution in [0.25, 0.3) is 0 Å². The molecule has 4 heteroatoms. The molecular weight excluding hydrogens is 216 g/mol. The molecule has 0 saturated carbocycles. The smallest absolute Gasteiger partial charge is 0.304 e. The minimum absolute atomic E-state index is 0.157. The van der Waals surface area contributed by atoms with Gasteiger partial charge in [-0.3, -0.25) is 9.69 Å². The van der Waals surface area contributed by atoms with Gasteiger partial charge in [0.15, 0.2) is 0 Å². The lowest BCUT2D eigenvalue weighted by atomic mass is 10.1. The van der Waals surface area contributed by atoms with Crippen molar-refractivity contribution in [2.75, 3.05) is 33.2 Å². The quantitative estimate of drug-likeness (QED) is 0.808. The SMILES string of the molecule is CC(C)CN1CC(C)CN(C)CC1CC(=O)O. The van der Waals surface area contributed by atoms with E-state index in [1.54, 1.807) is 0 Å². The Balaban J connectivity index is 2.72. The van der Waals surface area contributed by atoms with Crippen molar-refractivity contribution in [3.8, 4) is 0 Å². The summed E-state index contributed by atoms with van der Waals surface area (Å²) < 4.78 is 0. The van der Waals surface area contributed by atoms with Gasteiger partial charge in [0, 0.05) is 32.2 Å². The molecule has 0 spiro atoms. The molecule has 1 fully saturated rings. The van der Waals surface area contributed by atoms with Gasteiger partial charge in [-0.05, 0) is 18.9 Å². The van der Waals surface area contributed by atoms with Gasteiger partial charge in [0.25, 0.3) is 0 Å². The second kappa shape index (κ2) is 6.36. The predicted octanol–water partition coefficient (Wildman–Crippen LogP) is 1.37. The summed E-state index contributed by atoms with van der Waals surface area (Å²) in [4.78, 5) is 15.6. The fourth-order valence-corrected chi connectivity index (χ4v) is 2.78. The molecule has 0 aromatic carbocycles. The van der Waals surface area contributed by atoms with E-state index in [1.165, 1.54) is 0 Å². The summed E-state index contributed by atoms with van der Waals surface area (Å²) in [6, 6.07) is 0.157. The number of carbonyl (C=O) groups is 1. The van der Waals surface area contributed by atoms with Gasteiger partial charge < -0.3 is 10.0 Å². The molecule has 1 aliphatic rings. The zero-order valence-electron chi connectivity index (χ0n) is 11.5. The Morgan fingerprint density at radius 3 is 2.53 bits per heavy atom. The van der Waals surface area contributed by atoms with Crippen molar-refractivity contribution in [3.63, 3.8) is 0 Å². The molecule has 1 rings (SSSR count). The highest BCUT2D eigenvalue weighted by molar-refractivity contribution is 5.67. The molecule has 1 N–H and O–H groups in total. The Kier molecular flexibility index (Phi) is 5.40. The Hall–Kier alpha value is -0.610. The third-order valence-corrected chi connectivity index (χ3v) is 3.22. The molecule has 0 bridgehead atoms. The van der Waals surface area contributed by atoms with Crippen LogP contribution >= 0.6 is 0 Å². The van der Waals surface area contributed by atoms with E-state index < -0.39 is 5.97 Å². The third kappa shape index (κ3) is 5.04. The minimum Gasteiger partial charge on any atom is -0.481 e. The standard InChI is InChI=1S/C13H26N2O2/c1-10(2)6-15-8-11(3)7-14(4)9-12(15)5-13(16)17/h10-12H,5-9H2,1-4H3,(H,16,17). The van der Waals surface area contributed by atoms with Crippen molar-refractivity contribution in [2.45, 2.75) is 33.2 Å². The molecule has 4 nitrogen and oxygen atoms in total. The number of rotatable bonds is 4. The number of aliphatic carboxylic acids is 1. The first-order valence-electron chi connectivity index (χ1n) is 6.52. The number of carboxylic acid groups (broad SMARTS) is 1. The summed E-state index contributed by atoms with van der Waals surface area (Å²) in [5, 5.41) is 9.02. The van der Waals surface area contributed by atoms with Crippen molar-refractivity contribution >= 4 is 5.97 Å². The number of nitrogens with zero attached hydrogens (tertiary/aromatic N) is 2. The molecule has 100 valence electrons. The molecule has 0 aromatic heterocycles. The van der Waals surface area contributed by atoms with Gasteiger partial charge in [-0.25, -0.2) is 0 Å². The molecule has 1 aliphatic heterocycles. The molecule has 0 aliphatic carbocycles. The average molecular weight is 242 g/mol. The van der Waals surface area contributed by atoms with E-state index in [2.05, 4.69) is 37.6 Å². The van der Waals surface area contributed by atoms with Gasteiger partial charge in [0.2, 0.25) is 0 Å². The molecule has 0 radical (unpaired) electrons. The Bertz CT molecular complexity index is 256. The van der Waals surface area contributed by atoms with Crippen LogP contribution in [0, 0.1) is 11.8 Å². The Morgan fingerprint density at radius 1 is 1.35 bits per heavy atom. The predicted molar refractivity (Wildman–Crippen MR) is 69.1 cm³/mol. The van der Waals surface area contributed by atoms with E-state index in [0.717, 1.165) is 26.2 Å². The second-order valence-corrected chi connectivity index (χ2v) is 5.93. The van der Waals surface area contributed by atoms with Gasteiger partial charge in [-0.15, -0.1) is 0 Å².